The monoisotopic (exact) mass is 602 g/mol. The Bertz CT molecular complexity index is 1280. The Labute approximate surface area is 239 Å². The van der Waals surface area contributed by atoms with E-state index in [0.717, 1.165) is 35.3 Å². The average molecular weight is 603 g/mol. The Balaban J connectivity index is 1.83. The summed E-state index contributed by atoms with van der Waals surface area (Å²) in [5.41, 5.74) is -0.293. The number of nitrogens with zero attached hydrogens (tertiary/aromatic N) is 2. The SMILES string of the molecule is CCOC(=O)N1c2cc3c(cc2C(N(Cc2cc(C(F)(F)F)cc(C(F)(F)F)c2)C(=O)OCCOC)CC1C)CCC3. The highest BCUT2D eigenvalue weighted by atomic mass is 19.4. The first-order chi connectivity index (χ1) is 19.7. The van der Waals surface area contributed by atoms with E-state index in [9.17, 15) is 35.9 Å². The summed E-state index contributed by atoms with van der Waals surface area (Å²) in [7, 11) is 1.39. The van der Waals surface area contributed by atoms with Crippen molar-refractivity contribution in [3.8, 4) is 0 Å². The predicted molar refractivity (Wildman–Crippen MR) is 140 cm³/mol. The summed E-state index contributed by atoms with van der Waals surface area (Å²) in [6, 6.07) is 3.62. The third-order valence-electron chi connectivity index (χ3n) is 7.45. The number of benzene rings is 2. The molecule has 0 aromatic heterocycles. The second-order valence-electron chi connectivity index (χ2n) is 10.4. The van der Waals surface area contributed by atoms with Gasteiger partial charge < -0.3 is 14.2 Å². The van der Waals surface area contributed by atoms with E-state index in [4.69, 9.17) is 14.2 Å². The van der Waals surface area contributed by atoms with Gasteiger partial charge in [-0.25, -0.2) is 9.59 Å². The van der Waals surface area contributed by atoms with E-state index >= 15 is 0 Å². The molecule has 0 spiro atoms. The molecule has 0 saturated carbocycles. The van der Waals surface area contributed by atoms with E-state index < -0.39 is 54.3 Å². The van der Waals surface area contributed by atoms with Gasteiger partial charge in [0.25, 0.3) is 0 Å². The van der Waals surface area contributed by atoms with Crippen molar-refractivity contribution in [1.29, 1.82) is 0 Å². The highest BCUT2D eigenvalue weighted by molar-refractivity contribution is 5.91. The van der Waals surface area contributed by atoms with Crippen molar-refractivity contribution in [3.05, 3.63) is 63.7 Å². The second-order valence-corrected chi connectivity index (χ2v) is 10.4. The molecule has 1 heterocycles. The molecule has 7 nitrogen and oxygen atoms in total. The number of halogens is 6. The minimum Gasteiger partial charge on any atom is -0.449 e. The Morgan fingerprint density at radius 2 is 1.55 bits per heavy atom. The number of ether oxygens (including phenoxy) is 3. The minimum atomic E-state index is -5.05. The zero-order chi connectivity index (χ0) is 30.8. The standard InChI is InChI=1S/C29H32F6N2O5/c1-4-41-27(39)37-17(2)10-24(23-13-19-6-5-7-20(19)14-25(23)37)36(26(38)42-9-8-40-3)16-18-11-21(28(30,31)32)15-22(12-18)29(33,34)35/h11-15,17,24H,4-10,16H2,1-3H3. The van der Waals surface area contributed by atoms with Crippen molar-refractivity contribution in [2.45, 2.75) is 70.5 Å². The average Bonchev–Trinajstić information content (AvgIpc) is 3.37. The molecular weight excluding hydrogens is 570 g/mol. The van der Waals surface area contributed by atoms with Gasteiger partial charge in [-0.3, -0.25) is 9.80 Å². The van der Waals surface area contributed by atoms with Crippen LogP contribution >= 0.6 is 0 Å². The van der Waals surface area contributed by atoms with Crippen LogP contribution in [0.1, 0.15) is 66.1 Å². The molecule has 4 rings (SSSR count). The molecular formula is C29H32F6N2O5. The number of hydrogen-bond donors (Lipinski definition) is 0. The van der Waals surface area contributed by atoms with Crippen molar-refractivity contribution >= 4 is 17.9 Å². The molecule has 0 fully saturated rings. The van der Waals surface area contributed by atoms with Crippen LogP contribution < -0.4 is 4.90 Å². The number of carbonyl (C=O) groups excluding carboxylic acids is 2. The van der Waals surface area contributed by atoms with Gasteiger partial charge in [-0.15, -0.1) is 0 Å². The van der Waals surface area contributed by atoms with Gasteiger partial charge in [-0.05, 0) is 86.1 Å². The summed E-state index contributed by atoms with van der Waals surface area (Å²) in [6.07, 6.45) is -9.08. The zero-order valence-electron chi connectivity index (χ0n) is 23.4. The fraction of sp³-hybridized carbons (Fsp3) is 0.517. The third-order valence-corrected chi connectivity index (χ3v) is 7.45. The van der Waals surface area contributed by atoms with E-state index in [0.29, 0.717) is 23.4 Å². The fourth-order valence-electron chi connectivity index (χ4n) is 5.57. The summed E-state index contributed by atoms with van der Waals surface area (Å²) in [4.78, 5) is 29.0. The van der Waals surface area contributed by atoms with E-state index in [1.807, 2.05) is 12.1 Å². The van der Waals surface area contributed by atoms with Gasteiger partial charge >= 0.3 is 24.5 Å². The second kappa shape index (κ2) is 12.4. The molecule has 2 aromatic rings. The molecule has 0 radical (unpaired) electrons. The first kappa shape index (κ1) is 31.5. The lowest BCUT2D eigenvalue weighted by Crippen LogP contribution is -2.48. The summed E-state index contributed by atoms with van der Waals surface area (Å²) < 4.78 is 97.2. The number of methoxy groups -OCH3 is 1. The Morgan fingerprint density at radius 1 is 0.929 bits per heavy atom. The number of amides is 2. The van der Waals surface area contributed by atoms with Crippen LogP contribution in [0.3, 0.4) is 0 Å². The van der Waals surface area contributed by atoms with Gasteiger partial charge in [0.2, 0.25) is 0 Å². The molecule has 2 aliphatic rings. The Kier molecular flexibility index (Phi) is 9.29. The molecule has 2 aromatic carbocycles. The highest BCUT2D eigenvalue weighted by Crippen LogP contribution is 2.45. The fourth-order valence-corrected chi connectivity index (χ4v) is 5.57. The minimum absolute atomic E-state index is 0.0309. The lowest BCUT2D eigenvalue weighted by atomic mass is 9.88. The highest BCUT2D eigenvalue weighted by Gasteiger charge is 2.41. The number of rotatable bonds is 7. The molecule has 42 heavy (non-hydrogen) atoms. The first-order valence-electron chi connectivity index (χ1n) is 13.6. The quantitative estimate of drug-likeness (QED) is 0.246. The van der Waals surface area contributed by atoms with E-state index in [1.165, 1.54) is 12.0 Å². The number of fused-ring (bicyclic) bond motifs is 2. The van der Waals surface area contributed by atoms with Crippen LogP contribution in [0.4, 0.5) is 41.6 Å². The van der Waals surface area contributed by atoms with Crippen molar-refractivity contribution in [3.63, 3.8) is 0 Å². The number of hydrogen-bond acceptors (Lipinski definition) is 5. The number of aryl methyl sites for hydroxylation is 2. The maximum Gasteiger partial charge on any atom is 0.416 e. The molecule has 2 unspecified atom stereocenters. The largest absolute Gasteiger partial charge is 0.449 e. The summed E-state index contributed by atoms with van der Waals surface area (Å²) in [5.74, 6) is 0. The van der Waals surface area contributed by atoms with Crippen molar-refractivity contribution in [2.75, 3.05) is 31.8 Å². The normalized spacial score (nSPS) is 18.4. The molecule has 13 heteroatoms. The summed E-state index contributed by atoms with van der Waals surface area (Å²) in [5, 5.41) is 0. The number of anilines is 1. The lowest BCUT2D eigenvalue weighted by molar-refractivity contribution is -0.143. The van der Waals surface area contributed by atoms with Gasteiger partial charge in [-0.1, -0.05) is 6.07 Å². The van der Waals surface area contributed by atoms with Crippen molar-refractivity contribution in [2.24, 2.45) is 0 Å². The van der Waals surface area contributed by atoms with Crippen molar-refractivity contribution in [1.82, 2.24) is 4.90 Å². The molecule has 2 atom stereocenters. The van der Waals surface area contributed by atoms with Gasteiger partial charge in [0.15, 0.2) is 0 Å². The topological polar surface area (TPSA) is 68.3 Å². The molecule has 230 valence electrons. The molecule has 1 aliphatic heterocycles. The summed E-state index contributed by atoms with van der Waals surface area (Å²) >= 11 is 0. The van der Waals surface area contributed by atoms with Gasteiger partial charge in [0.1, 0.15) is 6.61 Å². The lowest BCUT2D eigenvalue weighted by Gasteiger charge is -2.43. The van der Waals surface area contributed by atoms with Gasteiger partial charge in [0, 0.05) is 19.7 Å². The Hall–Kier alpha value is -3.48. The Morgan fingerprint density at radius 3 is 2.12 bits per heavy atom. The predicted octanol–water partition coefficient (Wildman–Crippen LogP) is 7.29. The molecule has 0 bridgehead atoms. The first-order valence-corrected chi connectivity index (χ1v) is 13.6. The van der Waals surface area contributed by atoms with Crippen LogP contribution in [-0.2, 0) is 45.9 Å². The van der Waals surface area contributed by atoms with Gasteiger partial charge in [0.05, 0.1) is 36.1 Å². The number of carbonyl (C=O) groups is 2. The van der Waals surface area contributed by atoms with Crippen molar-refractivity contribution < 1.29 is 50.1 Å². The van der Waals surface area contributed by atoms with Gasteiger partial charge in [-0.2, -0.15) is 26.3 Å². The van der Waals surface area contributed by atoms with E-state index in [2.05, 4.69) is 0 Å². The van der Waals surface area contributed by atoms with Crippen LogP contribution in [0, 0.1) is 0 Å². The van der Waals surface area contributed by atoms with Crippen LogP contribution in [0.2, 0.25) is 0 Å². The molecule has 0 N–H and O–H groups in total. The zero-order valence-corrected chi connectivity index (χ0v) is 23.4. The smallest absolute Gasteiger partial charge is 0.416 e. The number of alkyl halides is 6. The van der Waals surface area contributed by atoms with E-state index in [1.54, 1.807) is 13.8 Å². The maximum absolute atomic E-state index is 13.6. The van der Waals surface area contributed by atoms with Crippen LogP contribution in [-0.4, -0.2) is 50.1 Å². The summed E-state index contributed by atoms with van der Waals surface area (Å²) in [6.45, 7) is 2.77. The maximum atomic E-state index is 13.6. The molecule has 1 aliphatic carbocycles. The third kappa shape index (κ3) is 6.77. The van der Waals surface area contributed by atoms with Crippen LogP contribution in [0.25, 0.3) is 0 Å². The van der Waals surface area contributed by atoms with Crippen LogP contribution in [0.5, 0.6) is 0 Å². The van der Waals surface area contributed by atoms with E-state index in [-0.39, 0.29) is 37.9 Å². The molecule has 0 saturated heterocycles. The van der Waals surface area contributed by atoms with Crippen LogP contribution in [0.15, 0.2) is 30.3 Å². The molecule has 2 amide bonds.